The molecule has 28 heavy (non-hydrogen) atoms. The van der Waals surface area contributed by atoms with Crippen molar-refractivity contribution in [2.75, 3.05) is 6.54 Å². The molecule has 150 valence electrons. The van der Waals surface area contributed by atoms with Crippen LogP contribution in [0, 0.1) is 5.92 Å². The van der Waals surface area contributed by atoms with Crippen molar-refractivity contribution in [1.82, 2.24) is 14.7 Å². The number of likely N-dealkylation sites (tertiary alicyclic amines) is 1. The summed E-state index contributed by atoms with van der Waals surface area (Å²) >= 11 is 1.63. The second kappa shape index (κ2) is 7.17. The first kappa shape index (κ1) is 18.2. The van der Waals surface area contributed by atoms with Crippen LogP contribution in [0.3, 0.4) is 0 Å². The van der Waals surface area contributed by atoms with Crippen LogP contribution in [0.25, 0.3) is 0 Å². The molecule has 0 radical (unpaired) electrons. The van der Waals surface area contributed by atoms with Gasteiger partial charge in [-0.05, 0) is 43.6 Å². The molecule has 2 aliphatic heterocycles. The Kier molecular flexibility index (Phi) is 4.65. The molecule has 3 heterocycles. The zero-order valence-corrected chi connectivity index (χ0v) is 16.9. The van der Waals surface area contributed by atoms with Crippen molar-refractivity contribution in [1.29, 1.82) is 0 Å². The van der Waals surface area contributed by atoms with Crippen molar-refractivity contribution in [2.24, 2.45) is 5.92 Å². The molecule has 2 aliphatic carbocycles. The highest BCUT2D eigenvalue weighted by atomic mass is 32.1. The van der Waals surface area contributed by atoms with E-state index in [-0.39, 0.29) is 35.8 Å². The van der Waals surface area contributed by atoms with E-state index >= 15 is 0 Å². The van der Waals surface area contributed by atoms with Crippen molar-refractivity contribution in [3.05, 3.63) is 22.4 Å². The van der Waals surface area contributed by atoms with Crippen LogP contribution < -0.4 is 0 Å². The number of thiophene rings is 1. The summed E-state index contributed by atoms with van der Waals surface area (Å²) in [7, 11) is 0. The van der Waals surface area contributed by atoms with Crippen molar-refractivity contribution < 1.29 is 14.4 Å². The summed E-state index contributed by atoms with van der Waals surface area (Å²) in [5.74, 6) is 0.0868. The summed E-state index contributed by atoms with van der Waals surface area (Å²) in [6, 6.07) is 3.19. The molecule has 1 aromatic heterocycles. The molecular formula is C21H27N3O3S. The third-order valence-corrected chi connectivity index (χ3v) is 7.63. The quantitative estimate of drug-likeness (QED) is 0.778. The molecule has 2 atom stereocenters. The molecule has 4 aliphatic rings. The Hall–Kier alpha value is -1.89. The van der Waals surface area contributed by atoms with Crippen LogP contribution in [0.2, 0.25) is 0 Å². The maximum atomic E-state index is 13.5. The van der Waals surface area contributed by atoms with Gasteiger partial charge in [-0.1, -0.05) is 25.3 Å². The number of urea groups is 1. The normalized spacial score (nSPS) is 28.8. The number of carbonyl (C=O) groups excluding carboxylic acids is 3. The largest absolute Gasteiger partial charge is 0.328 e. The molecule has 0 spiro atoms. The molecule has 6 nitrogen and oxygen atoms in total. The lowest BCUT2D eigenvalue weighted by molar-refractivity contribution is -0.148. The Morgan fingerprint density at radius 1 is 1.07 bits per heavy atom. The van der Waals surface area contributed by atoms with Gasteiger partial charge in [-0.3, -0.25) is 14.5 Å². The highest BCUT2D eigenvalue weighted by Gasteiger charge is 2.55. The predicted octanol–water partition coefficient (Wildman–Crippen LogP) is 3.22. The Labute approximate surface area is 169 Å². The van der Waals surface area contributed by atoms with Gasteiger partial charge in [0, 0.05) is 23.4 Å². The highest BCUT2D eigenvalue weighted by molar-refractivity contribution is 7.09. The maximum Gasteiger partial charge on any atom is 0.327 e. The van der Waals surface area contributed by atoms with E-state index in [4.69, 9.17) is 0 Å². The summed E-state index contributed by atoms with van der Waals surface area (Å²) in [6.45, 7) is 1.11. The molecular weight excluding hydrogens is 374 g/mol. The molecule has 2 saturated carbocycles. The second-order valence-electron chi connectivity index (χ2n) is 8.60. The number of fused-ring (bicyclic) bond motifs is 1. The summed E-state index contributed by atoms with van der Waals surface area (Å²) in [4.78, 5) is 46.2. The molecule has 0 aromatic carbocycles. The van der Waals surface area contributed by atoms with Crippen molar-refractivity contribution >= 4 is 29.2 Å². The number of nitrogens with zero attached hydrogens (tertiary/aromatic N) is 3. The van der Waals surface area contributed by atoms with Gasteiger partial charge in [-0.15, -0.1) is 11.3 Å². The minimum Gasteiger partial charge on any atom is -0.328 e. The summed E-state index contributed by atoms with van der Waals surface area (Å²) in [5, 5.41) is 2.02. The number of hydrogen-bond acceptors (Lipinski definition) is 4. The third-order valence-electron chi connectivity index (χ3n) is 6.76. The van der Waals surface area contributed by atoms with E-state index in [1.54, 1.807) is 16.2 Å². The number of rotatable bonds is 4. The van der Waals surface area contributed by atoms with Crippen LogP contribution in [-0.4, -0.2) is 57.2 Å². The topological polar surface area (TPSA) is 60.9 Å². The van der Waals surface area contributed by atoms with E-state index in [0.29, 0.717) is 19.5 Å². The summed E-state index contributed by atoms with van der Waals surface area (Å²) in [5.41, 5.74) is 0. The van der Waals surface area contributed by atoms with Gasteiger partial charge in [0.1, 0.15) is 6.04 Å². The zero-order valence-electron chi connectivity index (χ0n) is 16.1. The second-order valence-corrected chi connectivity index (χ2v) is 9.63. The van der Waals surface area contributed by atoms with Crippen LogP contribution in [-0.2, 0) is 16.1 Å². The third kappa shape index (κ3) is 3.04. The van der Waals surface area contributed by atoms with Gasteiger partial charge in [-0.25, -0.2) is 4.79 Å². The summed E-state index contributed by atoms with van der Waals surface area (Å²) < 4.78 is 0. The van der Waals surface area contributed by atoms with Gasteiger partial charge >= 0.3 is 6.03 Å². The summed E-state index contributed by atoms with van der Waals surface area (Å²) in [6.07, 6.45) is 7.64. The SMILES string of the molecule is O=C(C1CC1)N1CCC2C1C(=O)N(C1CCCCC1)C(=O)N2Cc1cccs1. The fraction of sp³-hybridized carbons (Fsp3) is 0.667. The van der Waals surface area contributed by atoms with Crippen LogP contribution in [0.4, 0.5) is 4.79 Å². The van der Waals surface area contributed by atoms with Crippen LogP contribution in [0.15, 0.2) is 17.5 Å². The number of hydrogen-bond donors (Lipinski definition) is 0. The van der Waals surface area contributed by atoms with Gasteiger partial charge in [0.15, 0.2) is 0 Å². The lowest BCUT2D eigenvalue weighted by Crippen LogP contribution is -2.67. The maximum absolute atomic E-state index is 13.5. The average molecular weight is 402 g/mol. The monoisotopic (exact) mass is 401 g/mol. The predicted molar refractivity (Wildman–Crippen MR) is 106 cm³/mol. The zero-order chi connectivity index (χ0) is 19.3. The van der Waals surface area contributed by atoms with Crippen LogP contribution >= 0.6 is 11.3 Å². The Bertz CT molecular complexity index is 770. The lowest BCUT2D eigenvalue weighted by Gasteiger charge is -2.46. The molecule has 2 unspecified atom stereocenters. The molecule has 2 saturated heterocycles. The van der Waals surface area contributed by atoms with E-state index < -0.39 is 6.04 Å². The Morgan fingerprint density at radius 3 is 2.54 bits per heavy atom. The first-order valence-electron chi connectivity index (χ1n) is 10.6. The van der Waals surface area contributed by atoms with Crippen LogP contribution in [0.1, 0.15) is 56.2 Å². The first-order chi connectivity index (χ1) is 13.6. The van der Waals surface area contributed by atoms with Crippen molar-refractivity contribution in [2.45, 2.75) is 76.0 Å². The number of imide groups is 1. The Morgan fingerprint density at radius 2 is 1.86 bits per heavy atom. The van der Waals surface area contributed by atoms with Crippen molar-refractivity contribution in [3.8, 4) is 0 Å². The Balaban J connectivity index is 1.47. The average Bonchev–Trinajstić information content (AvgIpc) is 3.25. The smallest absolute Gasteiger partial charge is 0.327 e. The van der Waals surface area contributed by atoms with Gasteiger partial charge in [-0.2, -0.15) is 0 Å². The molecule has 7 heteroatoms. The van der Waals surface area contributed by atoms with Gasteiger partial charge in [0.2, 0.25) is 5.91 Å². The fourth-order valence-electron chi connectivity index (χ4n) is 5.16. The van der Waals surface area contributed by atoms with E-state index in [0.717, 1.165) is 43.4 Å². The lowest BCUT2D eigenvalue weighted by atomic mass is 9.92. The van der Waals surface area contributed by atoms with Gasteiger partial charge < -0.3 is 9.80 Å². The molecule has 1 aromatic rings. The fourth-order valence-corrected chi connectivity index (χ4v) is 5.86. The van der Waals surface area contributed by atoms with E-state index in [1.165, 1.54) is 11.3 Å². The van der Waals surface area contributed by atoms with Crippen LogP contribution in [0.5, 0.6) is 0 Å². The number of amides is 4. The molecule has 0 N–H and O–H groups in total. The number of carbonyl (C=O) groups is 3. The highest BCUT2D eigenvalue weighted by Crippen LogP contribution is 2.39. The molecule has 0 bridgehead atoms. The molecule has 5 rings (SSSR count). The molecule has 4 amide bonds. The van der Waals surface area contributed by atoms with E-state index in [9.17, 15) is 14.4 Å². The minimum atomic E-state index is -0.493. The van der Waals surface area contributed by atoms with E-state index in [2.05, 4.69) is 0 Å². The van der Waals surface area contributed by atoms with Gasteiger partial charge in [0.05, 0.1) is 12.6 Å². The molecule has 4 fully saturated rings. The standard InChI is InChI=1S/C21H27N3O3S/c25-19(14-8-9-14)22-11-10-17-18(22)20(26)24(15-5-2-1-3-6-15)21(27)23(17)13-16-7-4-12-28-16/h4,7,12,14-15,17-18H,1-3,5-6,8-11,13H2. The minimum absolute atomic E-state index is 0.0148. The van der Waals surface area contributed by atoms with E-state index in [1.807, 2.05) is 22.4 Å². The van der Waals surface area contributed by atoms with Gasteiger partial charge in [0.25, 0.3) is 5.91 Å². The van der Waals surface area contributed by atoms with Crippen molar-refractivity contribution in [3.63, 3.8) is 0 Å². The first-order valence-corrected chi connectivity index (χ1v) is 11.5.